The van der Waals surface area contributed by atoms with Gasteiger partial charge in [-0.15, -0.1) is 11.6 Å². The van der Waals surface area contributed by atoms with Crippen LogP contribution in [0.5, 0.6) is 0 Å². The van der Waals surface area contributed by atoms with Crippen molar-refractivity contribution in [3.8, 4) is 0 Å². The van der Waals surface area contributed by atoms with Gasteiger partial charge in [0.2, 0.25) is 0 Å². The zero-order valence-electron chi connectivity index (χ0n) is 15.0. The zero-order valence-corrected chi connectivity index (χ0v) is 17.9. The van der Waals surface area contributed by atoms with Crippen molar-refractivity contribution in [2.75, 3.05) is 19.0 Å². The summed E-state index contributed by atoms with van der Waals surface area (Å²) in [5, 5.41) is 22.3. The van der Waals surface area contributed by atoms with E-state index in [9.17, 15) is 19.8 Å². The van der Waals surface area contributed by atoms with Crippen LogP contribution < -0.4 is 5.32 Å². The number of ether oxygens (including phenoxy) is 1. The number of urea groups is 1. The van der Waals surface area contributed by atoms with Gasteiger partial charge in [0, 0.05) is 22.5 Å². The van der Waals surface area contributed by atoms with E-state index in [1.54, 1.807) is 6.92 Å². The Kier molecular flexibility index (Phi) is 8.59. The number of halogens is 2. The van der Waals surface area contributed by atoms with Crippen molar-refractivity contribution in [3.63, 3.8) is 0 Å². The molecule has 1 aliphatic heterocycles. The fourth-order valence-electron chi connectivity index (χ4n) is 3.17. The number of aliphatic hydroxyl groups excluding tert-OH is 2. The number of cyclic esters (lactones) is 1. The molecule has 3 N–H and O–H groups in total. The second-order valence-corrected chi connectivity index (χ2v) is 8.07. The third-order valence-electron chi connectivity index (χ3n) is 4.53. The van der Waals surface area contributed by atoms with Crippen molar-refractivity contribution in [3.05, 3.63) is 33.4 Å². The van der Waals surface area contributed by atoms with Crippen LogP contribution in [0.4, 0.5) is 4.79 Å². The van der Waals surface area contributed by atoms with Crippen LogP contribution in [-0.4, -0.2) is 64.4 Å². The number of carbonyl (C=O) groups is 2. The minimum atomic E-state index is -1.17. The molecule has 0 aromatic heterocycles. The molecule has 0 spiro atoms. The first kappa shape index (κ1) is 22.2. The first-order chi connectivity index (χ1) is 12.9. The zero-order chi connectivity index (χ0) is 20.0. The Labute approximate surface area is 177 Å². The molecule has 0 saturated carbocycles. The molecule has 0 unspecified atom stereocenters. The van der Waals surface area contributed by atoms with Crippen LogP contribution in [0.15, 0.2) is 24.3 Å². The number of nitrogens with one attached hydrogen (secondary N) is 1. The first-order valence-electron chi connectivity index (χ1n) is 8.73. The van der Waals surface area contributed by atoms with Crippen LogP contribution in [0.1, 0.15) is 18.9 Å². The molecule has 9 heteroatoms. The third kappa shape index (κ3) is 5.69. The van der Waals surface area contributed by atoms with E-state index in [4.69, 9.17) is 16.3 Å². The third-order valence-corrected chi connectivity index (χ3v) is 5.52. The minimum Gasteiger partial charge on any atom is -0.461 e. The Morgan fingerprint density at radius 1 is 1.41 bits per heavy atom. The van der Waals surface area contributed by atoms with E-state index in [2.05, 4.69) is 27.9 Å². The largest absolute Gasteiger partial charge is 0.461 e. The molecular weight excluding hydrogens is 487 g/mol. The summed E-state index contributed by atoms with van der Waals surface area (Å²) in [4.78, 5) is 26.6. The molecule has 1 heterocycles. The van der Waals surface area contributed by atoms with Crippen molar-refractivity contribution < 1.29 is 24.5 Å². The molecule has 2 rings (SSSR count). The molecule has 0 aliphatic carbocycles. The molecule has 1 aromatic rings. The summed E-state index contributed by atoms with van der Waals surface area (Å²) in [6, 6.07) is 6.15. The van der Waals surface area contributed by atoms with Crippen molar-refractivity contribution in [1.29, 1.82) is 0 Å². The van der Waals surface area contributed by atoms with E-state index in [1.165, 1.54) is 4.90 Å². The van der Waals surface area contributed by atoms with E-state index < -0.39 is 42.8 Å². The number of esters is 1. The lowest BCUT2D eigenvalue weighted by Gasteiger charge is -2.32. The van der Waals surface area contributed by atoms with Crippen molar-refractivity contribution in [1.82, 2.24) is 10.2 Å². The van der Waals surface area contributed by atoms with Crippen molar-refractivity contribution in [2.45, 2.75) is 38.1 Å². The number of nitrogens with zero attached hydrogens (tertiary/aromatic N) is 1. The molecule has 1 fully saturated rings. The standard InChI is InChI=1S/C18H24ClIN2O5/c1-11-15(14(24)10-23)16(17(25)27-11)22(18(26)21-8-2-7-19)9-12-3-5-13(20)6-4-12/h3-6,11,14-16,23-24H,2,7-10H2,1H3,(H,21,26)/t11-,14-,15+,16-/m1/s1. The lowest BCUT2D eigenvalue weighted by Crippen LogP contribution is -2.53. The van der Waals surface area contributed by atoms with Gasteiger partial charge in [0.1, 0.15) is 12.1 Å². The average Bonchev–Trinajstić information content (AvgIpc) is 2.94. The Morgan fingerprint density at radius 2 is 2.07 bits per heavy atom. The molecular formula is C18H24ClIN2O5. The predicted molar refractivity (Wildman–Crippen MR) is 109 cm³/mol. The second kappa shape index (κ2) is 10.4. The monoisotopic (exact) mass is 510 g/mol. The Hall–Kier alpha value is -1.10. The van der Waals surface area contributed by atoms with Crippen LogP contribution in [0, 0.1) is 9.49 Å². The molecule has 1 saturated heterocycles. The number of hydrogen-bond donors (Lipinski definition) is 3. The maximum Gasteiger partial charge on any atom is 0.329 e. The molecule has 1 aromatic carbocycles. The van der Waals surface area contributed by atoms with Gasteiger partial charge >= 0.3 is 12.0 Å². The maximum absolute atomic E-state index is 12.8. The van der Waals surface area contributed by atoms with E-state index in [-0.39, 0.29) is 6.54 Å². The molecule has 0 radical (unpaired) electrons. The molecule has 7 nitrogen and oxygen atoms in total. The molecule has 27 heavy (non-hydrogen) atoms. The lowest BCUT2D eigenvalue weighted by molar-refractivity contribution is -0.144. The molecule has 4 atom stereocenters. The summed E-state index contributed by atoms with van der Waals surface area (Å²) in [7, 11) is 0. The Morgan fingerprint density at radius 3 is 2.67 bits per heavy atom. The number of amides is 2. The van der Waals surface area contributed by atoms with Crippen LogP contribution in [0.25, 0.3) is 0 Å². The quantitative estimate of drug-likeness (QED) is 0.214. The van der Waals surface area contributed by atoms with Gasteiger partial charge in [-0.1, -0.05) is 12.1 Å². The first-order valence-corrected chi connectivity index (χ1v) is 10.3. The highest BCUT2D eigenvalue weighted by molar-refractivity contribution is 14.1. The number of carbonyl (C=O) groups excluding carboxylic acids is 2. The van der Waals surface area contributed by atoms with Crippen LogP contribution in [0.3, 0.4) is 0 Å². The topological polar surface area (TPSA) is 99.1 Å². The minimum absolute atomic E-state index is 0.171. The maximum atomic E-state index is 12.8. The van der Waals surface area contributed by atoms with E-state index >= 15 is 0 Å². The molecule has 150 valence electrons. The summed E-state index contributed by atoms with van der Waals surface area (Å²) in [5.41, 5.74) is 0.840. The fourth-order valence-corrected chi connectivity index (χ4v) is 3.67. The molecule has 0 bridgehead atoms. The van der Waals surface area contributed by atoms with Gasteiger partial charge in [-0.3, -0.25) is 0 Å². The second-order valence-electron chi connectivity index (χ2n) is 6.44. The summed E-state index contributed by atoms with van der Waals surface area (Å²) < 4.78 is 6.32. The van der Waals surface area contributed by atoms with Gasteiger partial charge < -0.3 is 25.2 Å². The highest BCUT2D eigenvalue weighted by atomic mass is 127. The predicted octanol–water partition coefficient (Wildman–Crippen LogP) is 1.71. The summed E-state index contributed by atoms with van der Waals surface area (Å²) in [5.74, 6) is -0.894. The fraction of sp³-hybridized carbons (Fsp3) is 0.556. The Balaban J connectivity index is 2.29. The molecule has 1 aliphatic rings. The van der Waals surface area contributed by atoms with E-state index in [1.807, 2.05) is 24.3 Å². The van der Waals surface area contributed by atoms with Crippen LogP contribution in [0.2, 0.25) is 0 Å². The number of rotatable bonds is 8. The summed E-state index contributed by atoms with van der Waals surface area (Å²) in [6.07, 6.45) is -1.19. The summed E-state index contributed by atoms with van der Waals surface area (Å²) in [6.45, 7) is 1.67. The number of hydrogen-bond acceptors (Lipinski definition) is 5. The lowest BCUT2D eigenvalue weighted by atomic mass is 9.90. The highest BCUT2D eigenvalue weighted by Crippen LogP contribution is 2.31. The summed E-state index contributed by atoms with van der Waals surface area (Å²) >= 11 is 7.85. The Bertz CT molecular complexity index is 645. The van der Waals surface area contributed by atoms with Crippen LogP contribution in [-0.2, 0) is 16.1 Å². The van der Waals surface area contributed by atoms with E-state index in [0.717, 1.165) is 9.13 Å². The van der Waals surface area contributed by atoms with Gasteiger partial charge in [0.25, 0.3) is 0 Å². The number of benzene rings is 1. The SMILES string of the molecule is C[C@H]1OC(=O)[C@H](N(Cc2ccc(I)cc2)C(=O)NCCCCl)[C@@H]1[C@H](O)CO. The van der Waals surface area contributed by atoms with Gasteiger partial charge in [-0.05, 0) is 53.6 Å². The van der Waals surface area contributed by atoms with Crippen LogP contribution >= 0.6 is 34.2 Å². The van der Waals surface area contributed by atoms with E-state index in [0.29, 0.717) is 18.8 Å². The van der Waals surface area contributed by atoms with Gasteiger partial charge in [0.15, 0.2) is 0 Å². The highest BCUT2D eigenvalue weighted by Gasteiger charge is 2.50. The van der Waals surface area contributed by atoms with Crippen molar-refractivity contribution in [2.24, 2.45) is 5.92 Å². The number of alkyl halides is 1. The normalized spacial score (nSPS) is 23.0. The smallest absolute Gasteiger partial charge is 0.329 e. The van der Waals surface area contributed by atoms with Gasteiger partial charge in [0.05, 0.1) is 18.6 Å². The van der Waals surface area contributed by atoms with Crippen molar-refractivity contribution >= 4 is 46.2 Å². The molecule has 2 amide bonds. The number of aliphatic hydroxyl groups is 2. The van der Waals surface area contributed by atoms with Gasteiger partial charge in [-0.25, -0.2) is 9.59 Å². The average molecular weight is 511 g/mol. The van der Waals surface area contributed by atoms with Gasteiger partial charge in [-0.2, -0.15) is 0 Å².